The van der Waals surface area contributed by atoms with Crippen LogP contribution in [0.3, 0.4) is 0 Å². The van der Waals surface area contributed by atoms with Gasteiger partial charge in [-0.1, -0.05) is 35.5 Å². The van der Waals surface area contributed by atoms with Gasteiger partial charge in [0, 0.05) is 56.7 Å². The SMILES string of the molecule is O=C(CN1CCN(C(=O)c2cc(-c3ccncc3)on2)CC1)NCc1ccccc1. The molecule has 1 aliphatic heterocycles. The molecule has 154 valence electrons. The van der Waals surface area contributed by atoms with Crippen LogP contribution in [0.5, 0.6) is 0 Å². The second-order valence-electron chi connectivity index (χ2n) is 7.14. The molecule has 1 saturated heterocycles. The van der Waals surface area contributed by atoms with Crippen molar-refractivity contribution in [2.24, 2.45) is 0 Å². The standard InChI is InChI=1S/C22H23N5O3/c28-21(24-15-17-4-2-1-3-5-17)16-26-10-12-27(13-11-26)22(29)19-14-20(30-25-19)18-6-8-23-9-7-18/h1-9,14H,10-13,15-16H2,(H,24,28). The second-order valence-corrected chi connectivity index (χ2v) is 7.14. The third-order valence-corrected chi connectivity index (χ3v) is 5.05. The molecule has 1 aromatic carbocycles. The van der Waals surface area contributed by atoms with Gasteiger partial charge < -0.3 is 14.7 Å². The first kappa shape index (κ1) is 19.8. The van der Waals surface area contributed by atoms with Gasteiger partial charge in [0.1, 0.15) is 0 Å². The molecule has 1 aliphatic rings. The van der Waals surface area contributed by atoms with Crippen molar-refractivity contribution < 1.29 is 14.1 Å². The fraction of sp³-hybridized carbons (Fsp3) is 0.273. The van der Waals surface area contributed by atoms with E-state index in [-0.39, 0.29) is 17.5 Å². The molecule has 30 heavy (non-hydrogen) atoms. The molecular weight excluding hydrogens is 382 g/mol. The number of hydrogen-bond acceptors (Lipinski definition) is 6. The molecule has 1 fully saturated rings. The van der Waals surface area contributed by atoms with E-state index in [1.807, 2.05) is 30.3 Å². The summed E-state index contributed by atoms with van der Waals surface area (Å²) in [5.74, 6) is 0.360. The lowest BCUT2D eigenvalue weighted by Gasteiger charge is -2.33. The van der Waals surface area contributed by atoms with E-state index in [9.17, 15) is 9.59 Å². The summed E-state index contributed by atoms with van der Waals surface area (Å²) in [5, 5.41) is 6.86. The number of benzene rings is 1. The number of pyridine rings is 1. The van der Waals surface area contributed by atoms with Crippen LogP contribution in [0.2, 0.25) is 0 Å². The van der Waals surface area contributed by atoms with Gasteiger partial charge in [0.05, 0.1) is 6.54 Å². The molecule has 0 radical (unpaired) electrons. The predicted octanol–water partition coefficient (Wildman–Crippen LogP) is 1.81. The summed E-state index contributed by atoms with van der Waals surface area (Å²) in [6.45, 7) is 3.21. The van der Waals surface area contributed by atoms with Gasteiger partial charge in [-0.2, -0.15) is 0 Å². The van der Waals surface area contributed by atoms with Crippen LogP contribution in [0.1, 0.15) is 16.1 Å². The Kier molecular flexibility index (Phi) is 6.14. The van der Waals surface area contributed by atoms with Crippen LogP contribution in [-0.2, 0) is 11.3 Å². The highest BCUT2D eigenvalue weighted by Crippen LogP contribution is 2.20. The maximum Gasteiger partial charge on any atom is 0.276 e. The van der Waals surface area contributed by atoms with Crippen LogP contribution < -0.4 is 5.32 Å². The minimum absolute atomic E-state index is 0.0166. The Morgan fingerprint density at radius 1 is 1.00 bits per heavy atom. The quantitative estimate of drug-likeness (QED) is 0.673. The number of piperazine rings is 1. The number of nitrogens with zero attached hydrogens (tertiary/aromatic N) is 4. The van der Waals surface area contributed by atoms with Crippen molar-refractivity contribution in [3.63, 3.8) is 0 Å². The molecule has 0 atom stereocenters. The lowest BCUT2D eigenvalue weighted by molar-refractivity contribution is -0.122. The third kappa shape index (κ3) is 4.90. The smallest absolute Gasteiger partial charge is 0.276 e. The summed E-state index contributed by atoms with van der Waals surface area (Å²) < 4.78 is 5.31. The van der Waals surface area contributed by atoms with Crippen LogP contribution in [0, 0.1) is 0 Å². The van der Waals surface area contributed by atoms with Crippen LogP contribution in [0.15, 0.2) is 65.4 Å². The Hall–Kier alpha value is -3.52. The second kappa shape index (κ2) is 9.32. The molecule has 4 rings (SSSR count). The van der Waals surface area contributed by atoms with Crippen LogP contribution in [0.25, 0.3) is 11.3 Å². The predicted molar refractivity (Wildman–Crippen MR) is 110 cm³/mol. The summed E-state index contributed by atoms with van der Waals surface area (Å²) in [5.41, 5.74) is 2.18. The van der Waals surface area contributed by atoms with Crippen molar-refractivity contribution >= 4 is 11.8 Å². The lowest BCUT2D eigenvalue weighted by atomic mass is 10.2. The summed E-state index contributed by atoms with van der Waals surface area (Å²) in [6, 6.07) is 15.1. The zero-order valence-corrected chi connectivity index (χ0v) is 16.5. The minimum atomic E-state index is -0.160. The number of rotatable bonds is 6. The van der Waals surface area contributed by atoms with Crippen molar-refractivity contribution in [3.8, 4) is 11.3 Å². The Morgan fingerprint density at radius 3 is 2.47 bits per heavy atom. The first-order chi connectivity index (χ1) is 14.7. The Bertz CT molecular complexity index is 982. The molecule has 1 N–H and O–H groups in total. The number of carbonyl (C=O) groups is 2. The Balaban J connectivity index is 1.25. The number of nitrogens with one attached hydrogen (secondary N) is 1. The minimum Gasteiger partial charge on any atom is -0.355 e. The number of carbonyl (C=O) groups excluding carboxylic acids is 2. The molecule has 0 spiro atoms. The zero-order valence-electron chi connectivity index (χ0n) is 16.5. The topological polar surface area (TPSA) is 91.6 Å². The van der Waals surface area contributed by atoms with Gasteiger partial charge in [0.25, 0.3) is 5.91 Å². The Morgan fingerprint density at radius 2 is 1.73 bits per heavy atom. The van der Waals surface area contributed by atoms with Gasteiger partial charge in [-0.25, -0.2) is 0 Å². The lowest BCUT2D eigenvalue weighted by Crippen LogP contribution is -2.51. The molecule has 2 amide bonds. The van der Waals surface area contributed by atoms with E-state index in [0.29, 0.717) is 45.0 Å². The average Bonchev–Trinajstić information content (AvgIpc) is 3.29. The van der Waals surface area contributed by atoms with E-state index < -0.39 is 0 Å². The average molecular weight is 405 g/mol. The van der Waals surface area contributed by atoms with Crippen LogP contribution >= 0.6 is 0 Å². The summed E-state index contributed by atoms with van der Waals surface area (Å²) >= 11 is 0. The molecule has 3 aromatic rings. The summed E-state index contributed by atoms with van der Waals surface area (Å²) in [6.07, 6.45) is 3.32. The maximum absolute atomic E-state index is 12.7. The highest BCUT2D eigenvalue weighted by atomic mass is 16.5. The molecule has 0 saturated carbocycles. The molecule has 0 unspecified atom stereocenters. The molecular formula is C22H23N5O3. The summed E-state index contributed by atoms with van der Waals surface area (Å²) in [4.78, 5) is 32.7. The van der Waals surface area contributed by atoms with E-state index in [2.05, 4.69) is 20.4 Å². The molecule has 8 nitrogen and oxygen atoms in total. The molecule has 3 heterocycles. The van der Waals surface area contributed by atoms with Crippen molar-refractivity contribution in [3.05, 3.63) is 72.2 Å². The van der Waals surface area contributed by atoms with Gasteiger partial charge in [-0.15, -0.1) is 0 Å². The van der Waals surface area contributed by atoms with Gasteiger partial charge in [-0.3, -0.25) is 19.5 Å². The van der Waals surface area contributed by atoms with E-state index in [0.717, 1.165) is 11.1 Å². The largest absolute Gasteiger partial charge is 0.355 e. The normalized spacial score (nSPS) is 14.5. The van der Waals surface area contributed by atoms with Crippen molar-refractivity contribution in [2.75, 3.05) is 32.7 Å². The Labute approximate surface area is 174 Å². The fourth-order valence-corrected chi connectivity index (χ4v) is 3.35. The number of aromatic nitrogens is 2. The van der Waals surface area contributed by atoms with Crippen LogP contribution in [-0.4, -0.2) is 64.5 Å². The van der Waals surface area contributed by atoms with E-state index >= 15 is 0 Å². The fourth-order valence-electron chi connectivity index (χ4n) is 3.35. The van der Waals surface area contributed by atoms with Crippen LogP contribution in [0.4, 0.5) is 0 Å². The maximum atomic E-state index is 12.7. The van der Waals surface area contributed by atoms with E-state index in [1.54, 1.807) is 35.5 Å². The zero-order chi connectivity index (χ0) is 20.8. The van der Waals surface area contributed by atoms with Crippen molar-refractivity contribution in [2.45, 2.75) is 6.54 Å². The number of amides is 2. The molecule has 0 bridgehead atoms. The highest BCUT2D eigenvalue weighted by Gasteiger charge is 2.25. The van der Waals surface area contributed by atoms with Gasteiger partial charge in [-0.05, 0) is 17.7 Å². The van der Waals surface area contributed by atoms with Gasteiger partial charge in [0.2, 0.25) is 5.91 Å². The monoisotopic (exact) mass is 405 g/mol. The van der Waals surface area contributed by atoms with Gasteiger partial charge in [0.15, 0.2) is 11.5 Å². The highest BCUT2D eigenvalue weighted by molar-refractivity contribution is 5.93. The van der Waals surface area contributed by atoms with Gasteiger partial charge >= 0.3 is 0 Å². The van der Waals surface area contributed by atoms with E-state index in [4.69, 9.17) is 4.52 Å². The van der Waals surface area contributed by atoms with Crippen molar-refractivity contribution in [1.29, 1.82) is 0 Å². The van der Waals surface area contributed by atoms with Crippen molar-refractivity contribution in [1.82, 2.24) is 25.3 Å². The third-order valence-electron chi connectivity index (χ3n) is 5.05. The summed E-state index contributed by atoms with van der Waals surface area (Å²) in [7, 11) is 0. The molecule has 2 aromatic heterocycles. The number of hydrogen-bond donors (Lipinski definition) is 1. The molecule has 0 aliphatic carbocycles. The first-order valence-corrected chi connectivity index (χ1v) is 9.88. The first-order valence-electron chi connectivity index (χ1n) is 9.88. The van der Waals surface area contributed by atoms with E-state index in [1.165, 1.54) is 0 Å². The molecule has 8 heteroatoms.